The molecule has 2 N–H and O–H groups in total. The van der Waals surface area contributed by atoms with E-state index in [9.17, 15) is 13.6 Å². The van der Waals surface area contributed by atoms with Gasteiger partial charge in [-0.25, -0.2) is 18.6 Å². The van der Waals surface area contributed by atoms with Crippen LogP contribution in [0.3, 0.4) is 0 Å². The van der Waals surface area contributed by atoms with Gasteiger partial charge in [0.25, 0.3) is 0 Å². The average Bonchev–Trinajstić information content (AvgIpc) is 2.71. The van der Waals surface area contributed by atoms with Crippen LogP contribution in [0.5, 0.6) is 0 Å². The number of carbonyl (C=O) groups excluding carboxylic acids is 1. The van der Waals surface area contributed by atoms with Gasteiger partial charge in [-0.05, 0) is 19.1 Å². The van der Waals surface area contributed by atoms with Crippen molar-refractivity contribution in [3.05, 3.63) is 35.5 Å². The van der Waals surface area contributed by atoms with Crippen LogP contribution in [0.1, 0.15) is 17.4 Å². The topological polar surface area (TPSA) is 65.2 Å². The molecular weight excluding hydrogens is 274 g/mol. The standard InChI is InChI=1S/C12H10F2N2O2S/c1-2-18-12(17)9-10(15)19-11(16-9)8-6(13)4-3-5-7(8)14/h3-5H,2,15H2,1H3. The number of rotatable bonds is 3. The van der Waals surface area contributed by atoms with Gasteiger partial charge in [-0.15, -0.1) is 0 Å². The molecule has 19 heavy (non-hydrogen) atoms. The summed E-state index contributed by atoms with van der Waals surface area (Å²) in [6.07, 6.45) is 0. The molecule has 0 spiro atoms. The van der Waals surface area contributed by atoms with Crippen LogP contribution in [-0.4, -0.2) is 17.6 Å². The number of halogens is 2. The summed E-state index contributed by atoms with van der Waals surface area (Å²) in [6, 6.07) is 3.47. The predicted octanol–water partition coefficient (Wildman–Crippen LogP) is 2.85. The number of ether oxygens (including phenoxy) is 1. The Bertz CT molecular complexity index is 608. The van der Waals surface area contributed by atoms with E-state index < -0.39 is 17.6 Å². The molecule has 1 aromatic carbocycles. The second kappa shape index (κ2) is 5.31. The quantitative estimate of drug-likeness (QED) is 0.880. The Hall–Kier alpha value is -2.02. The van der Waals surface area contributed by atoms with Crippen molar-refractivity contribution in [3.8, 4) is 10.6 Å². The highest BCUT2D eigenvalue weighted by atomic mass is 32.1. The first-order chi connectivity index (χ1) is 9.04. The molecule has 0 atom stereocenters. The van der Waals surface area contributed by atoms with Crippen LogP contribution < -0.4 is 5.73 Å². The van der Waals surface area contributed by atoms with Gasteiger partial charge in [0.1, 0.15) is 21.6 Å². The maximum Gasteiger partial charge on any atom is 0.360 e. The largest absolute Gasteiger partial charge is 0.461 e. The molecule has 0 bridgehead atoms. The maximum atomic E-state index is 13.6. The van der Waals surface area contributed by atoms with Crippen molar-refractivity contribution in [2.45, 2.75) is 6.92 Å². The van der Waals surface area contributed by atoms with Gasteiger partial charge in [0.05, 0.1) is 12.2 Å². The summed E-state index contributed by atoms with van der Waals surface area (Å²) in [5, 5.41) is 0.0762. The minimum absolute atomic E-state index is 0.0103. The van der Waals surface area contributed by atoms with Crippen LogP contribution in [0.2, 0.25) is 0 Å². The van der Waals surface area contributed by atoms with E-state index in [1.165, 1.54) is 6.07 Å². The fraction of sp³-hybridized carbons (Fsp3) is 0.167. The molecule has 0 unspecified atom stereocenters. The van der Waals surface area contributed by atoms with E-state index in [1.807, 2.05) is 0 Å². The molecule has 2 rings (SSSR count). The lowest BCUT2D eigenvalue weighted by Gasteiger charge is -2.00. The summed E-state index contributed by atoms with van der Waals surface area (Å²) in [6.45, 7) is 1.80. The molecule has 0 saturated carbocycles. The van der Waals surface area contributed by atoms with Crippen molar-refractivity contribution in [3.63, 3.8) is 0 Å². The van der Waals surface area contributed by atoms with Crippen molar-refractivity contribution in [1.82, 2.24) is 4.98 Å². The summed E-state index contributed by atoms with van der Waals surface area (Å²) in [4.78, 5) is 15.4. The molecule has 0 saturated heterocycles. The SMILES string of the molecule is CCOC(=O)c1nc(-c2c(F)cccc2F)sc1N. The number of carbonyl (C=O) groups is 1. The molecule has 0 amide bonds. The number of aromatic nitrogens is 1. The van der Waals surface area contributed by atoms with Crippen LogP contribution >= 0.6 is 11.3 Å². The molecular formula is C12H10F2N2O2S. The van der Waals surface area contributed by atoms with Crippen LogP contribution in [0.15, 0.2) is 18.2 Å². The van der Waals surface area contributed by atoms with Crippen LogP contribution in [0.4, 0.5) is 13.8 Å². The Morgan fingerprint density at radius 3 is 2.63 bits per heavy atom. The Labute approximate surface area is 111 Å². The van der Waals surface area contributed by atoms with Gasteiger partial charge < -0.3 is 10.5 Å². The van der Waals surface area contributed by atoms with Gasteiger partial charge >= 0.3 is 5.97 Å². The van der Waals surface area contributed by atoms with Crippen LogP contribution in [0.25, 0.3) is 10.6 Å². The highest BCUT2D eigenvalue weighted by Crippen LogP contribution is 2.33. The van der Waals surface area contributed by atoms with Gasteiger partial charge in [0.15, 0.2) is 5.69 Å². The lowest BCUT2D eigenvalue weighted by atomic mass is 10.2. The number of hydrogen-bond acceptors (Lipinski definition) is 5. The van der Waals surface area contributed by atoms with Crippen LogP contribution in [0, 0.1) is 11.6 Å². The zero-order chi connectivity index (χ0) is 14.0. The molecule has 1 aromatic heterocycles. The maximum absolute atomic E-state index is 13.6. The van der Waals surface area contributed by atoms with Gasteiger partial charge in [0.2, 0.25) is 0 Å². The number of benzene rings is 1. The zero-order valence-corrected chi connectivity index (χ0v) is 10.8. The minimum Gasteiger partial charge on any atom is -0.461 e. The number of nitrogens with zero attached hydrogens (tertiary/aromatic N) is 1. The number of esters is 1. The van der Waals surface area contributed by atoms with Gasteiger partial charge in [0, 0.05) is 0 Å². The third-order valence-corrected chi connectivity index (χ3v) is 3.20. The molecule has 0 fully saturated rings. The van der Waals surface area contributed by atoms with E-state index in [2.05, 4.69) is 4.98 Å². The molecule has 7 heteroatoms. The molecule has 0 aliphatic rings. The monoisotopic (exact) mass is 284 g/mol. The highest BCUT2D eigenvalue weighted by molar-refractivity contribution is 7.19. The first-order valence-corrected chi connectivity index (χ1v) is 6.24. The summed E-state index contributed by atoms with van der Waals surface area (Å²) in [5.41, 5.74) is 5.20. The lowest BCUT2D eigenvalue weighted by molar-refractivity contribution is 0.0521. The van der Waals surface area contributed by atoms with E-state index in [4.69, 9.17) is 10.5 Å². The predicted molar refractivity (Wildman–Crippen MR) is 67.8 cm³/mol. The van der Waals surface area contributed by atoms with Crippen molar-refractivity contribution >= 4 is 22.3 Å². The Morgan fingerprint density at radius 1 is 1.42 bits per heavy atom. The number of hydrogen-bond donors (Lipinski definition) is 1. The van der Waals surface area contributed by atoms with Crippen molar-refractivity contribution < 1.29 is 18.3 Å². The van der Waals surface area contributed by atoms with Crippen LogP contribution in [-0.2, 0) is 4.74 Å². The van der Waals surface area contributed by atoms with E-state index in [0.717, 1.165) is 23.5 Å². The molecule has 1 heterocycles. The zero-order valence-electron chi connectivity index (χ0n) is 9.94. The van der Waals surface area contributed by atoms with E-state index in [-0.39, 0.29) is 27.9 Å². The molecule has 2 aromatic rings. The van der Waals surface area contributed by atoms with Crippen molar-refractivity contribution in [2.75, 3.05) is 12.3 Å². The molecule has 100 valence electrons. The first kappa shape index (κ1) is 13.4. The second-order valence-corrected chi connectivity index (χ2v) is 4.58. The third kappa shape index (κ3) is 2.55. The number of anilines is 1. The molecule has 4 nitrogen and oxygen atoms in total. The number of nitrogens with two attached hydrogens (primary N) is 1. The van der Waals surface area contributed by atoms with Gasteiger partial charge in [-0.1, -0.05) is 17.4 Å². The summed E-state index contributed by atoms with van der Waals surface area (Å²) < 4.78 is 31.9. The Morgan fingerprint density at radius 2 is 2.05 bits per heavy atom. The first-order valence-electron chi connectivity index (χ1n) is 5.42. The summed E-state index contributed by atoms with van der Waals surface area (Å²) >= 11 is 0.836. The fourth-order valence-corrected chi connectivity index (χ4v) is 2.35. The van der Waals surface area contributed by atoms with Gasteiger partial charge in [-0.3, -0.25) is 0 Å². The normalized spacial score (nSPS) is 10.5. The smallest absolute Gasteiger partial charge is 0.360 e. The van der Waals surface area contributed by atoms with E-state index in [0.29, 0.717) is 0 Å². The highest BCUT2D eigenvalue weighted by Gasteiger charge is 2.21. The van der Waals surface area contributed by atoms with Crippen molar-refractivity contribution in [2.24, 2.45) is 0 Å². The Balaban J connectivity index is 2.48. The number of nitrogen functional groups attached to an aromatic ring is 1. The van der Waals surface area contributed by atoms with E-state index >= 15 is 0 Å². The second-order valence-electron chi connectivity index (χ2n) is 3.55. The summed E-state index contributed by atoms with van der Waals surface area (Å²) in [5.74, 6) is -2.23. The van der Waals surface area contributed by atoms with E-state index in [1.54, 1.807) is 6.92 Å². The average molecular weight is 284 g/mol. The van der Waals surface area contributed by atoms with Crippen molar-refractivity contribution in [1.29, 1.82) is 0 Å². The fourth-order valence-electron chi connectivity index (χ4n) is 1.49. The Kier molecular flexibility index (Phi) is 3.75. The molecule has 0 radical (unpaired) electrons. The lowest BCUT2D eigenvalue weighted by Crippen LogP contribution is -2.07. The summed E-state index contributed by atoms with van der Waals surface area (Å²) in [7, 11) is 0. The van der Waals surface area contributed by atoms with Gasteiger partial charge in [-0.2, -0.15) is 0 Å². The minimum atomic E-state index is -0.760. The molecule has 0 aliphatic heterocycles. The number of thiazole rings is 1. The third-order valence-electron chi connectivity index (χ3n) is 2.30. The molecule has 0 aliphatic carbocycles.